The van der Waals surface area contributed by atoms with Crippen molar-refractivity contribution in [1.29, 1.82) is 0 Å². The summed E-state index contributed by atoms with van der Waals surface area (Å²) in [5, 5.41) is 19.0. The quantitative estimate of drug-likeness (QED) is 0.546. The molecule has 0 spiro atoms. The van der Waals surface area contributed by atoms with E-state index in [0.29, 0.717) is 18.7 Å². The molecule has 0 saturated heterocycles. The van der Waals surface area contributed by atoms with E-state index in [9.17, 15) is 14.9 Å². The zero-order valence-electron chi connectivity index (χ0n) is 12.5. The minimum Gasteiger partial charge on any atom is -0.348 e. The van der Waals surface area contributed by atoms with Crippen LogP contribution in [-0.2, 0) is 13.1 Å². The average Bonchev–Trinajstić information content (AvgIpc) is 3.25. The number of hydrogen-bond donors (Lipinski definition) is 1. The van der Waals surface area contributed by atoms with Crippen LogP contribution in [0.5, 0.6) is 0 Å². The molecule has 0 unspecified atom stereocenters. The Morgan fingerprint density at radius 1 is 1.33 bits per heavy atom. The van der Waals surface area contributed by atoms with Crippen LogP contribution in [0.25, 0.3) is 0 Å². The van der Waals surface area contributed by atoms with E-state index < -0.39 is 4.92 Å². The van der Waals surface area contributed by atoms with Crippen molar-refractivity contribution in [3.8, 4) is 0 Å². The summed E-state index contributed by atoms with van der Waals surface area (Å²) in [7, 11) is 0. The topological polar surface area (TPSA) is 103 Å². The summed E-state index contributed by atoms with van der Waals surface area (Å²) in [6.07, 6.45) is 3.09. The van der Waals surface area contributed by atoms with Crippen molar-refractivity contribution in [3.05, 3.63) is 75.2 Å². The highest BCUT2D eigenvalue weighted by molar-refractivity contribution is 7.13. The van der Waals surface area contributed by atoms with Gasteiger partial charge in [-0.25, -0.2) is 9.67 Å². The summed E-state index contributed by atoms with van der Waals surface area (Å²) in [5.41, 5.74) is 2.26. The van der Waals surface area contributed by atoms with Crippen LogP contribution in [0.15, 0.2) is 48.4 Å². The first kappa shape index (κ1) is 15.8. The largest absolute Gasteiger partial charge is 0.348 e. The lowest BCUT2D eigenvalue weighted by Gasteiger charge is -2.10. The summed E-state index contributed by atoms with van der Waals surface area (Å²) in [4.78, 5) is 26.2. The van der Waals surface area contributed by atoms with Crippen LogP contribution < -0.4 is 5.32 Å². The molecular formula is C15H13N5O3S. The van der Waals surface area contributed by atoms with Crippen LogP contribution in [0, 0.1) is 10.1 Å². The molecule has 8 nitrogen and oxygen atoms in total. The highest BCUT2D eigenvalue weighted by Crippen LogP contribution is 2.22. The van der Waals surface area contributed by atoms with E-state index in [1.54, 1.807) is 11.0 Å². The summed E-state index contributed by atoms with van der Waals surface area (Å²) in [6.45, 7) is 0.878. The van der Waals surface area contributed by atoms with Gasteiger partial charge in [-0.3, -0.25) is 14.9 Å². The number of thiophene rings is 1. The van der Waals surface area contributed by atoms with E-state index in [4.69, 9.17) is 0 Å². The van der Waals surface area contributed by atoms with Crippen molar-refractivity contribution in [1.82, 2.24) is 20.1 Å². The van der Waals surface area contributed by atoms with Gasteiger partial charge in [0, 0.05) is 18.0 Å². The number of hydrogen-bond acceptors (Lipinski definition) is 6. The molecule has 0 fully saturated rings. The van der Waals surface area contributed by atoms with Gasteiger partial charge in [0.25, 0.3) is 5.91 Å². The van der Waals surface area contributed by atoms with E-state index in [-0.39, 0.29) is 10.9 Å². The Kier molecular flexibility index (Phi) is 4.62. The Balaban J connectivity index is 1.67. The van der Waals surface area contributed by atoms with Crippen molar-refractivity contribution < 1.29 is 9.72 Å². The van der Waals surface area contributed by atoms with E-state index in [1.807, 2.05) is 24.3 Å². The molecule has 0 aliphatic carbocycles. The second kappa shape index (κ2) is 7.01. The van der Waals surface area contributed by atoms with Crippen molar-refractivity contribution in [3.63, 3.8) is 0 Å². The average molecular weight is 343 g/mol. The molecule has 9 heteroatoms. The molecule has 122 valence electrons. The smallest absolute Gasteiger partial charge is 0.324 e. The molecule has 3 aromatic rings. The Bertz CT molecular complexity index is 860. The Morgan fingerprint density at radius 2 is 2.12 bits per heavy atom. The lowest BCUT2D eigenvalue weighted by Crippen LogP contribution is -2.23. The third-order valence-corrected chi connectivity index (χ3v) is 4.26. The number of nitrogens with zero attached hydrogens (tertiary/aromatic N) is 4. The number of amides is 1. The first-order valence-electron chi connectivity index (χ1n) is 7.04. The fourth-order valence-electron chi connectivity index (χ4n) is 2.19. The van der Waals surface area contributed by atoms with Gasteiger partial charge in [-0.2, -0.15) is 5.10 Å². The number of carbonyl (C=O) groups excluding carboxylic acids is 1. The van der Waals surface area contributed by atoms with E-state index in [2.05, 4.69) is 15.4 Å². The van der Waals surface area contributed by atoms with Gasteiger partial charge in [0.15, 0.2) is 0 Å². The highest BCUT2D eigenvalue weighted by Gasteiger charge is 2.15. The molecule has 0 saturated carbocycles. The zero-order valence-corrected chi connectivity index (χ0v) is 13.3. The Labute approximate surface area is 140 Å². The summed E-state index contributed by atoms with van der Waals surface area (Å²) in [6, 6.07) is 8.96. The lowest BCUT2D eigenvalue weighted by molar-refractivity contribution is -0.380. The molecule has 24 heavy (non-hydrogen) atoms. The molecule has 0 bridgehead atoms. The van der Waals surface area contributed by atoms with Gasteiger partial charge in [-0.1, -0.05) is 35.6 Å². The SMILES string of the molecule is O=C(NCc1ccccc1Cn1cncn1)c1csc([N+](=O)[O-])c1. The van der Waals surface area contributed by atoms with E-state index >= 15 is 0 Å². The van der Waals surface area contributed by atoms with Crippen molar-refractivity contribution in [2.75, 3.05) is 0 Å². The van der Waals surface area contributed by atoms with Gasteiger partial charge in [0.1, 0.15) is 12.7 Å². The number of carbonyl (C=O) groups is 1. The van der Waals surface area contributed by atoms with Crippen LogP contribution in [0.1, 0.15) is 21.5 Å². The number of benzene rings is 1. The monoisotopic (exact) mass is 343 g/mol. The minimum atomic E-state index is -0.505. The van der Waals surface area contributed by atoms with Gasteiger partial charge >= 0.3 is 5.00 Å². The predicted octanol–water partition coefficient (Wildman–Crippen LogP) is 2.23. The molecule has 3 rings (SSSR count). The predicted molar refractivity (Wildman–Crippen MR) is 87.7 cm³/mol. The molecule has 1 N–H and O–H groups in total. The zero-order chi connectivity index (χ0) is 16.9. The van der Waals surface area contributed by atoms with Crippen LogP contribution in [-0.4, -0.2) is 25.6 Å². The normalized spacial score (nSPS) is 10.5. The third kappa shape index (κ3) is 3.63. The molecular weight excluding hydrogens is 330 g/mol. The number of nitrogens with one attached hydrogen (secondary N) is 1. The molecule has 0 atom stereocenters. The van der Waals surface area contributed by atoms with E-state index in [0.717, 1.165) is 22.5 Å². The van der Waals surface area contributed by atoms with Crippen molar-refractivity contribution in [2.45, 2.75) is 13.1 Å². The van der Waals surface area contributed by atoms with Crippen LogP contribution in [0.4, 0.5) is 5.00 Å². The van der Waals surface area contributed by atoms with Crippen molar-refractivity contribution in [2.24, 2.45) is 0 Å². The Morgan fingerprint density at radius 3 is 2.79 bits per heavy atom. The molecule has 1 aromatic carbocycles. The molecule has 2 heterocycles. The maximum atomic E-state index is 12.1. The van der Waals surface area contributed by atoms with Gasteiger partial charge < -0.3 is 5.32 Å². The molecule has 0 aliphatic heterocycles. The fourth-order valence-corrected chi connectivity index (χ4v) is 2.89. The number of rotatable bonds is 6. The van der Waals surface area contributed by atoms with Crippen LogP contribution in [0.3, 0.4) is 0 Å². The standard InChI is InChI=1S/C15H13N5O3S/c21-15(13-5-14(20(22)23)24-8-13)17-6-11-3-1-2-4-12(11)7-19-10-16-9-18-19/h1-5,8-10H,6-7H2,(H,17,21). The van der Waals surface area contributed by atoms with Crippen LogP contribution in [0.2, 0.25) is 0 Å². The maximum absolute atomic E-state index is 12.1. The second-order valence-electron chi connectivity index (χ2n) is 4.98. The van der Waals surface area contributed by atoms with Crippen LogP contribution >= 0.6 is 11.3 Å². The Hall–Kier alpha value is -3.07. The summed E-state index contributed by atoms with van der Waals surface area (Å²) >= 11 is 0.935. The van der Waals surface area contributed by atoms with Gasteiger partial charge in [0.05, 0.1) is 17.0 Å². The van der Waals surface area contributed by atoms with E-state index in [1.165, 1.54) is 17.8 Å². The number of aromatic nitrogens is 3. The first-order chi connectivity index (χ1) is 11.6. The minimum absolute atomic E-state index is 0.0493. The maximum Gasteiger partial charge on any atom is 0.324 e. The third-order valence-electron chi connectivity index (χ3n) is 3.38. The fraction of sp³-hybridized carbons (Fsp3) is 0.133. The number of nitro groups is 1. The second-order valence-corrected chi connectivity index (χ2v) is 5.86. The molecule has 0 radical (unpaired) electrons. The van der Waals surface area contributed by atoms with Gasteiger partial charge in [-0.05, 0) is 11.1 Å². The van der Waals surface area contributed by atoms with Crippen molar-refractivity contribution >= 4 is 22.2 Å². The molecule has 0 aliphatic rings. The highest BCUT2D eigenvalue weighted by atomic mass is 32.1. The summed E-state index contributed by atoms with van der Waals surface area (Å²) in [5.74, 6) is -0.338. The van der Waals surface area contributed by atoms with Gasteiger partial charge in [0.2, 0.25) is 0 Å². The molecule has 1 amide bonds. The lowest BCUT2D eigenvalue weighted by atomic mass is 10.1. The molecule has 2 aromatic heterocycles. The summed E-state index contributed by atoms with van der Waals surface area (Å²) < 4.78 is 1.70. The first-order valence-corrected chi connectivity index (χ1v) is 7.92. The van der Waals surface area contributed by atoms with Gasteiger partial charge in [-0.15, -0.1) is 0 Å².